The molecule has 2 aliphatic carbocycles. The third kappa shape index (κ3) is 2.24. The van der Waals surface area contributed by atoms with Crippen LogP contribution in [0.5, 0.6) is 0 Å². The third-order valence-electron chi connectivity index (χ3n) is 6.09. The van der Waals surface area contributed by atoms with Gasteiger partial charge in [0.05, 0.1) is 16.6 Å². The molecule has 2 saturated carbocycles. The lowest BCUT2D eigenvalue weighted by atomic mass is 9.45. The van der Waals surface area contributed by atoms with Gasteiger partial charge in [-0.2, -0.15) is 0 Å². The number of halogens is 3. The molecule has 5 heteroatoms. The molecule has 0 unspecified atom stereocenters. The minimum atomic E-state index is -0.889. The Hall–Kier alpha value is 1.17. The fraction of sp³-hybridized carbons (Fsp3) is 1.00. The zero-order chi connectivity index (χ0) is 15.6. The van der Waals surface area contributed by atoms with E-state index in [1.807, 2.05) is 13.8 Å². The Kier molecular flexibility index (Phi) is 4.46. The van der Waals surface area contributed by atoms with E-state index in [1.54, 1.807) is 0 Å². The van der Waals surface area contributed by atoms with E-state index >= 15 is 0 Å². The van der Waals surface area contributed by atoms with E-state index in [0.29, 0.717) is 19.3 Å². The van der Waals surface area contributed by atoms with E-state index in [1.165, 1.54) is 0 Å². The molecule has 118 valence electrons. The van der Waals surface area contributed by atoms with Gasteiger partial charge in [-0.3, -0.25) is 0 Å². The van der Waals surface area contributed by atoms with Gasteiger partial charge in [0.1, 0.15) is 0 Å². The van der Waals surface area contributed by atoms with Gasteiger partial charge in [-0.05, 0) is 44.9 Å². The lowest BCUT2D eigenvalue weighted by Crippen LogP contribution is -2.70. The van der Waals surface area contributed by atoms with Crippen LogP contribution >= 0.6 is 43.5 Å². The minimum absolute atomic E-state index is 0.0728. The van der Waals surface area contributed by atoms with Crippen LogP contribution in [0.1, 0.15) is 53.4 Å². The van der Waals surface area contributed by atoms with Crippen LogP contribution in [0.25, 0.3) is 0 Å². The van der Waals surface area contributed by atoms with E-state index in [4.69, 9.17) is 11.6 Å². The lowest BCUT2D eigenvalue weighted by Gasteiger charge is -2.66. The quantitative estimate of drug-likeness (QED) is 0.563. The Labute approximate surface area is 143 Å². The summed E-state index contributed by atoms with van der Waals surface area (Å²) in [5, 5.41) is 22.1. The van der Waals surface area contributed by atoms with Crippen LogP contribution in [0.2, 0.25) is 0 Å². The van der Waals surface area contributed by atoms with Crippen LogP contribution in [-0.4, -0.2) is 36.4 Å². The Morgan fingerprint density at radius 1 is 1.05 bits per heavy atom. The molecule has 0 heterocycles. The molecule has 1 spiro atoms. The highest BCUT2D eigenvalue weighted by molar-refractivity contribution is 9.09. The topological polar surface area (TPSA) is 40.5 Å². The highest BCUT2D eigenvalue weighted by atomic mass is 79.9. The lowest BCUT2D eigenvalue weighted by molar-refractivity contribution is -0.229. The smallest absolute Gasteiger partial charge is 0.0706 e. The number of hydrogen-bond acceptors (Lipinski definition) is 2. The number of aliphatic hydroxyl groups is 2. The molecule has 2 rings (SSSR count). The van der Waals surface area contributed by atoms with Crippen molar-refractivity contribution in [2.24, 2.45) is 10.8 Å². The average Bonchev–Trinajstić information content (AvgIpc) is 2.28. The first kappa shape index (κ1) is 17.5. The fourth-order valence-corrected chi connectivity index (χ4v) is 6.11. The fourth-order valence-electron chi connectivity index (χ4n) is 4.55. The van der Waals surface area contributed by atoms with Crippen LogP contribution in [0.3, 0.4) is 0 Å². The number of alkyl halides is 3. The Bertz CT molecular complexity index is 397. The molecule has 0 amide bonds. The van der Waals surface area contributed by atoms with Gasteiger partial charge < -0.3 is 10.2 Å². The number of aliphatic hydroxyl groups excluding tert-OH is 1. The summed E-state index contributed by atoms with van der Waals surface area (Å²) in [5.41, 5.74) is -1.66. The van der Waals surface area contributed by atoms with Crippen molar-refractivity contribution < 1.29 is 10.2 Å². The average molecular weight is 433 g/mol. The van der Waals surface area contributed by atoms with Gasteiger partial charge >= 0.3 is 0 Å². The van der Waals surface area contributed by atoms with Gasteiger partial charge in [0.2, 0.25) is 0 Å². The molecular weight excluding hydrogens is 407 g/mol. The number of hydrogen-bond donors (Lipinski definition) is 2. The van der Waals surface area contributed by atoms with Crippen LogP contribution in [0.15, 0.2) is 0 Å². The molecular formula is C15H25Br2ClO2. The van der Waals surface area contributed by atoms with Gasteiger partial charge in [0.15, 0.2) is 0 Å². The molecule has 0 aliphatic heterocycles. The van der Waals surface area contributed by atoms with Crippen molar-refractivity contribution in [2.75, 3.05) is 0 Å². The van der Waals surface area contributed by atoms with Crippen molar-refractivity contribution >= 4 is 43.5 Å². The Morgan fingerprint density at radius 2 is 1.60 bits per heavy atom. The maximum atomic E-state index is 11.1. The summed E-state index contributed by atoms with van der Waals surface area (Å²) < 4.78 is 0. The highest BCUT2D eigenvalue weighted by Crippen LogP contribution is 2.65. The summed E-state index contributed by atoms with van der Waals surface area (Å²) in [6.07, 6.45) is 2.17. The van der Waals surface area contributed by atoms with Crippen molar-refractivity contribution in [1.29, 1.82) is 0 Å². The van der Waals surface area contributed by atoms with Crippen molar-refractivity contribution in [3.63, 3.8) is 0 Å². The second-order valence-corrected chi connectivity index (χ2v) is 10.7. The van der Waals surface area contributed by atoms with E-state index in [0.717, 1.165) is 6.42 Å². The molecule has 0 aromatic carbocycles. The normalized spacial score (nSPS) is 56.0. The van der Waals surface area contributed by atoms with E-state index < -0.39 is 22.0 Å². The van der Waals surface area contributed by atoms with E-state index in [-0.39, 0.29) is 15.1 Å². The molecule has 0 saturated heterocycles. The summed E-state index contributed by atoms with van der Waals surface area (Å²) in [7, 11) is 0. The van der Waals surface area contributed by atoms with Gasteiger partial charge in [-0.15, -0.1) is 11.6 Å². The molecule has 0 aromatic rings. The highest BCUT2D eigenvalue weighted by Gasteiger charge is 2.68. The molecule has 2 N–H and O–H groups in total. The van der Waals surface area contributed by atoms with Crippen LogP contribution < -0.4 is 0 Å². The second-order valence-electron chi connectivity index (χ2n) is 7.64. The summed E-state index contributed by atoms with van der Waals surface area (Å²) >= 11 is 14.0. The first-order chi connectivity index (χ1) is 8.88. The summed E-state index contributed by atoms with van der Waals surface area (Å²) in [5.74, 6) is 0. The molecule has 6 atom stereocenters. The molecule has 0 radical (unpaired) electrons. The zero-order valence-corrected chi connectivity index (χ0v) is 16.5. The predicted octanol–water partition coefficient (Wildman–Crippen LogP) is 4.22. The Balaban J connectivity index is 2.53. The predicted molar refractivity (Wildman–Crippen MR) is 91.0 cm³/mol. The van der Waals surface area contributed by atoms with Crippen LogP contribution in [-0.2, 0) is 0 Å². The minimum Gasteiger partial charge on any atom is -0.392 e. The van der Waals surface area contributed by atoms with Gasteiger partial charge in [-0.1, -0.05) is 45.7 Å². The summed E-state index contributed by atoms with van der Waals surface area (Å²) in [6.45, 7) is 8.15. The van der Waals surface area contributed by atoms with Crippen molar-refractivity contribution in [3.8, 4) is 0 Å². The third-order valence-corrected chi connectivity index (χ3v) is 9.71. The maximum Gasteiger partial charge on any atom is 0.0706 e. The maximum absolute atomic E-state index is 11.1. The number of rotatable bonds is 0. The monoisotopic (exact) mass is 430 g/mol. The van der Waals surface area contributed by atoms with E-state index in [2.05, 4.69) is 45.7 Å². The molecule has 2 nitrogen and oxygen atoms in total. The van der Waals surface area contributed by atoms with Crippen molar-refractivity contribution in [2.45, 2.75) is 79.6 Å². The summed E-state index contributed by atoms with van der Waals surface area (Å²) in [6, 6.07) is 0. The van der Waals surface area contributed by atoms with Crippen molar-refractivity contribution in [3.05, 3.63) is 0 Å². The van der Waals surface area contributed by atoms with E-state index in [9.17, 15) is 10.2 Å². The molecule has 0 bridgehead atoms. The van der Waals surface area contributed by atoms with Crippen LogP contribution in [0.4, 0.5) is 0 Å². The van der Waals surface area contributed by atoms with Gasteiger partial charge in [0.25, 0.3) is 0 Å². The largest absolute Gasteiger partial charge is 0.392 e. The van der Waals surface area contributed by atoms with Crippen molar-refractivity contribution in [1.82, 2.24) is 0 Å². The van der Waals surface area contributed by atoms with Gasteiger partial charge in [-0.25, -0.2) is 0 Å². The molecule has 2 fully saturated rings. The first-order valence-corrected chi connectivity index (χ1v) is 9.47. The Morgan fingerprint density at radius 3 is 2.15 bits per heavy atom. The SMILES string of the molecule is CC1(C)[C@H](Br)CC[C@@](C)(O)[C@]12C[C@H](Br)[C@@](C)(Cl)C[C@@H]2O. The second kappa shape index (κ2) is 5.09. The zero-order valence-electron chi connectivity index (χ0n) is 12.6. The first-order valence-electron chi connectivity index (χ1n) is 7.26. The van der Waals surface area contributed by atoms with Crippen LogP contribution in [0, 0.1) is 10.8 Å². The molecule has 20 heavy (non-hydrogen) atoms. The summed E-state index contributed by atoms with van der Waals surface area (Å²) in [4.78, 5) is -0.122. The molecule has 0 aromatic heterocycles. The standard InChI is InChI=1S/C15H25Br2ClO2/c1-12(2)9(16)5-6-14(4,20)15(12)7-10(17)13(3,18)8-11(15)19/h9-11,19-20H,5-8H2,1-4H3/t9-,10+,11+,13+,14-,15+/m1/s1. The molecule has 2 aliphatic rings. The van der Waals surface area contributed by atoms with Gasteiger partial charge in [0, 0.05) is 15.1 Å².